The van der Waals surface area contributed by atoms with E-state index in [1.807, 2.05) is 16.8 Å². The van der Waals surface area contributed by atoms with Gasteiger partial charge in [0.2, 0.25) is 4.80 Å². The molecule has 0 N–H and O–H groups in total. The van der Waals surface area contributed by atoms with Gasteiger partial charge in [-0.2, -0.15) is 5.10 Å². The first-order valence-corrected chi connectivity index (χ1v) is 10.2. The second-order valence-corrected chi connectivity index (χ2v) is 8.01. The fourth-order valence-corrected chi connectivity index (χ4v) is 3.50. The first kappa shape index (κ1) is 19.2. The van der Waals surface area contributed by atoms with Crippen LogP contribution in [-0.4, -0.2) is 15.4 Å². The van der Waals surface area contributed by atoms with Crippen molar-refractivity contribution >= 4 is 22.7 Å². The van der Waals surface area contributed by atoms with Gasteiger partial charge >= 0.3 is 0 Å². The summed E-state index contributed by atoms with van der Waals surface area (Å²) in [6, 6.07) is 12.4. The van der Waals surface area contributed by atoms with Gasteiger partial charge in [-0.3, -0.25) is 4.98 Å². The van der Waals surface area contributed by atoms with Gasteiger partial charge < -0.3 is 0 Å². The van der Waals surface area contributed by atoms with E-state index in [-0.39, 0.29) is 0 Å². The molecule has 2 heterocycles. The number of nitrogens with zero attached hydrogens (tertiary/aromatic N) is 4. The first-order valence-electron chi connectivity index (χ1n) is 9.29. The Kier molecular flexibility index (Phi) is 6.35. The average Bonchev–Trinajstić information content (AvgIpc) is 3.04. The summed E-state index contributed by atoms with van der Waals surface area (Å²) in [6.45, 7) is 8.68. The zero-order valence-electron chi connectivity index (χ0n) is 16.4. The van der Waals surface area contributed by atoms with Gasteiger partial charge in [0, 0.05) is 22.9 Å². The van der Waals surface area contributed by atoms with Crippen LogP contribution in [0.5, 0.6) is 0 Å². The molecule has 0 aliphatic heterocycles. The molecule has 0 bridgehead atoms. The van der Waals surface area contributed by atoms with Crippen LogP contribution in [-0.2, 0) is 0 Å². The Labute approximate surface area is 165 Å². The molecule has 0 unspecified atom stereocenters. The highest BCUT2D eigenvalue weighted by atomic mass is 32.1. The number of benzene rings is 1. The summed E-state index contributed by atoms with van der Waals surface area (Å²) in [4.78, 5) is 9.78. The zero-order chi connectivity index (χ0) is 19.2. The topological polar surface area (TPSA) is 42.5 Å². The summed E-state index contributed by atoms with van der Waals surface area (Å²) in [5.41, 5.74) is 5.40. The van der Waals surface area contributed by atoms with E-state index in [4.69, 9.17) is 10.1 Å². The largest absolute Gasteiger partial charge is 0.262 e. The molecule has 5 heteroatoms. The maximum Gasteiger partial charge on any atom is 0.211 e. The van der Waals surface area contributed by atoms with E-state index in [1.165, 1.54) is 5.56 Å². The van der Waals surface area contributed by atoms with Crippen molar-refractivity contribution in [3.8, 4) is 11.3 Å². The molecule has 0 amide bonds. The molecule has 0 fully saturated rings. The second-order valence-electron chi connectivity index (χ2n) is 7.17. The SMILES string of the molecule is CC(CCC(C)C)=Nn1c(-c2ccc(C)cc2)csc1=Nc1cccnc1. The molecule has 1 aromatic carbocycles. The van der Waals surface area contributed by atoms with Crippen molar-refractivity contribution in [2.75, 3.05) is 0 Å². The molecule has 2 aromatic heterocycles. The average molecular weight is 379 g/mol. The minimum absolute atomic E-state index is 0.666. The molecule has 3 rings (SSSR count). The molecule has 140 valence electrons. The van der Waals surface area contributed by atoms with Gasteiger partial charge in [-0.25, -0.2) is 9.67 Å². The van der Waals surface area contributed by atoms with Crippen molar-refractivity contribution in [1.82, 2.24) is 9.66 Å². The van der Waals surface area contributed by atoms with Gasteiger partial charge in [-0.1, -0.05) is 43.7 Å². The van der Waals surface area contributed by atoms with E-state index in [0.717, 1.165) is 40.3 Å². The normalized spacial score (nSPS) is 12.8. The van der Waals surface area contributed by atoms with Crippen molar-refractivity contribution in [2.24, 2.45) is 16.0 Å². The van der Waals surface area contributed by atoms with Crippen molar-refractivity contribution < 1.29 is 0 Å². The first-order chi connectivity index (χ1) is 13.0. The Balaban J connectivity index is 2.08. The van der Waals surface area contributed by atoms with Crippen LogP contribution in [0.4, 0.5) is 5.69 Å². The van der Waals surface area contributed by atoms with E-state index in [2.05, 4.69) is 62.3 Å². The van der Waals surface area contributed by atoms with Crippen LogP contribution in [0.25, 0.3) is 11.3 Å². The highest BCUT2D eigenvalue weighted by Gasteiger charge is 2.09. The summed E-state index contributed by atoms with van der Waals surface area (Å²) in [5.74, 6) is 0.666. The van der Waals surface area contributed by atoms with Crippen molar-refractivity contribution in [3.63, 3.8) is 0 Å². The zero-order valence-corrected chi connectivity index (χ0v) is 17.2. The number of hydrogen-bond donors (Lipinski definition) is 0. The Morgan fingerprint density at radius 1 is 1.19 bits per heavy atom. The summed E-state index contributed by atoms with van der Waals surface area (Å²) in [6.07, 6.45) is 5.65. The number of aromatic nitrogens is 2. The molecule has 0 aliphatic rings. The molecule has 27 heavy (non-hydrogen) atoms. The van der Waals surface area contributed by atoms with Crippen LogP contribution in [0.2, 0.25) is 0 Å². The minimum Gasteiger partial charge on any atom is -0.262 e. The van der Waals surface area contributed by atoms with Crippen LogP contribution in [0.3, 0.4) is 0 Å². The number of hydrogen-bond acceptors (Lipinski definition) is 4. The van der Waals surface area contributed by atoms with Crippen LogP contribution >= 0.6 is 11.3 Å². The smallest absolute Gasteiger partial charge is 0.211 e. The molecule has 3 aromatic rings. The summed E-state index contributed by atoms with van der Waals surface area (Å²) >= 11 is 1.60. The van der Waals surface area contributed by atoms with Gasteiger partial charge in [0.25, 0.3) is 0 Å². The molecular formula is C22H26N4S. The predicted octanol–water partition coefficient (Wildman–Crippen LogP) is 5.81. The standard InChI is InChI=1S/C22H26N4S/c1-16(2)7-10-18(4)25-26-21(19-11-8-17(3)9-12-19)15-27-22(26)24-20-6-5-13-23-14-20/h5-6,8-9,11-16H,7,10H2,1-4H3. The van der Waals surface area contributed by atoms with Gasteiger partial charge in [0.05, 0.1) is 17.6 Å². The van der Waals surface area contributed by atoms with Crippen molar-refractivity contribution in [3.05, 3.63) is 64.5 Å². The third-order valence-corrected chi connectivity index (χ3v) is 5.07. The Morgan fingerprint density at radius 2 is 1.96 bits per heavy atom. The summed E-state index contributed by atoms with van der Waals surface area (Å²) < 4.78 is 1.97. The fraction of sp³-hybridized carbons (Fsp3) is 0.318. The third-order valence-electron chi connectivity index (χ3n) is 4.26. The second kappa shape index (κ2) is 8.91. The van der Waals surface area contributed by atoms with E-state index in [9.17, 15) is 0 Å². The molecule has 0 radical (unpaired) electrons. The van der Waals surface area contributed by atoms with E-state index < -0.39 is 0 Å². The molecule has 0 aliphatic carbocycles. The van der Waals surface area contributed by atoms with Crippen LogP contribution < -0.4 is 4.80 Å². The highest BCUT2D eigenvalue weighted by Crippen LogP contribution is 2.21. The lowest BCUT2D eigenvalue weighted by molar-refractivity contribution is 0.601. The van der Waals surface area contributed by atoms with Crippen molar-refractivity contribution in [1.29, 1.82) is 0 Å². The summed E-state index contributed by atoms with van der Waals surface area (Å²) in [7, 11) is 0. The van der Waals surface area contributed by atoms with Gasteiger partial charge in [-0.05, 0) is 44.7 Å². The highest BCUT2D eigenvalue weighted by molar-refractivity contribution is 7.07. The van der Waals surface area contributed by atoms with E-state index in [0.29, 0.717) is 5.92 Å². The Morgan fingerprint density at radius 3 is 2.63 bits per heavy atom. The Bertz CT molecular complexity index is 964. The predicted molar refractivity (Wildman–Crippen MR) is 115 cm³/mol. The number of pyridine rings is 1. The lowest BCUT2D eigenvalue weighted by Crippen LogP contribution is -2.13. The van der Waals surface area contributed by atoms with Crippen LogP contribution in [0.1, 0.15) is 39.2 Å². The summed E-state index contributed by atoms with van der Waals surface area (Å²) in [5, 5.41) is 7.04. The molecular weight excluding hydrogens is 352 g/mol. The number of thiazole rings is 1. The maximum absolute atomic E-state index is 4.92. The molecule has 0 spiro atoms. The molecule has 0 saturated heterocycles. The lowest BCUT2D eigenvalue weighted by Gasteiger charge is -2.08. The molecule has 0 saturated carbocycles. The number of aryl methyl sites for hydroxylation is 1. The van der Waals surface area contributed by atoms with Gasteiger partial charge in [0.1, 0.15) is 0 Å². The Hall–Kier alpha value is -2.53. The monoisotopic (exact) mass is 378 g/mol. The van der Waals surface area contributed by atoms with Crippen LogP contribution in [0.15, 0.2) is 64.3 Å². The van der Waals surface area contributed by atoms with E-state index >= 15 is 0 Å². The van der Waals surface area contributed by atoms with Crippen molar-refractivity contribution in [2.45, 2.75) is 40.5 Å². The van der Waals surface area contributed by atoms with Crippen LogP contribution in [0, 0.1) is 12.8 Å². The molecule has 4 nitrogen and oxygen atoms in total. The fourth-order valence-electron chi connectivity index (χ4n) is 2.65. The van der Waals surface area contributed by atoms with Gasteiger partial charge in [0.15, 0.2) is 0 Å². The quantitative estimate of drug-likeness (QED) is 0.499. The van der Waals surface area contributed by atoms with Gasteiger partial charge in [-0.15, -0.1) is 11.3 Å². The third kappa shape index (κ3) is 5.23. The minimum atomic E-state index is 0.666. The maximum atomic E-state index is 4.92. The number of rotatable bonds is 6. The molecule has 0 atom stereocenters. The van der Waals surface area contributed by atoms with E-state index in [1.54, 1.807) is 23.7 Å². The lowest BCUT2D eigenvalue weighted by atomic mass is 10.1.